The van der Waals surface area contributed by atoms with Gasteiger partial charge < -0.3 is 14.5 Å². The second kappa shape index (κ2) is 7.26. The van der Waals surface area contributed by atoms with Crippen LogP contribution in [0.4, 0.5) is 0 Å². The monoisotopic (exact) mass is 390 g/mol. The van der Waals surface area contributed by atoms with Gasteiger partial charge in [0.25, 0.3) is 0 Å². The van der Waals surface area contributed by atoms with E-state index in [1.165, 1.54) is 0 Å². The van der Waals surface area contributed by atoms with Crippen LogP contribution in [0.1, 0.15) is 31.2 Å². The van der Waals surface area contributed by atoms with Gasteiger partial charge in [-0.25, -0.2) is 0 Å². The molecule has 6 nitrogen and oxygen atoms in total. The van der Waals surface area contributed by atoms with E-state index >= 15 is 0 Å². The summed E-state index contributed by atoms with van der Waals surface area (Å²) in [5.74, 6) is 1.56. The summed E-state index contributed by atoms with van der Waals surface area (Å²) in [6, 6.07) is 7.55. The highest BCUT2D eigenvalue weighted by Gasteiger charge is 2.54. The molecule has 3 aliphatic rings. The van der Waals surface area contributed by atoms with Crippen molar-refractivity contribution in [3.05, 3.63) is 29.8 Å². The van der Waals surface area contributed by atoms with Crippen LogP contribution >= 0.6 is 0 Å². The van der Waals surface area contributed by atoms with Crippen LogP contribution in [-0.2, 0) is 26.8 Å². The van der Waals surface area contributed by atoms with Gasteiger partial charge in [0.2, 0.25) is 11.8 Å². The third-order valence-corrected chi connectivity index (χ3v) is 7.98. The molecule has 3 fully saturated rings. The maximum atomic E-state index is 12.7. The van der Waals surface area contributed by atoms with Crippen LogP contribution in [0.2, 0.25) is 0 Å². The highest BCUT2D eigenvalue weighted by Crippen LogP contribution is 2.41. The number of amides is 2. The third-order valence-electron chi connectivity index (χ3n) is 6.00. The van der Waals surface area contributed by atoms with Gasteiger partial charge in [0.15, 0.2) is 0 Å². The first kappa shape index (κ1) is 18.5. The Morgan fingerprint density at radius 3 is 2.70 bits per heavy atom. The number of hydrogen-bond donors (Lipinski definition) is 0. The quantitative estimate of drug-likeness (QED) is 0.765. The Morgan fingerprint density at radius 1 is 1.30 bits per heavy atom. The van der Waals surface area contributed by atoms with Crippen LogP contribution in [-0.4, -0.2) is 63.2 Å². The molecule has 1 atom stereocenters. The Labute approximate surface area is 162 Å². The van der Waals surface area contributed by atoms with Crippen molar-refractivity contribution in [1.29, 1.82) is 0 Å². The first-order valence-electron chi connectivity index (χ1n) is 9.61. The Kier molecular flexibility index (Phi) is 4.97. The fourth-order valence-corrected chi connectivity index (χ4v) is 5.88. The number of nitrogens with zero attached hydrogens (tertiary/aromatic N) is 2. The number of hydrogen-bond acceptors (Lipinski definition) is 4. The molecule has 1 spiro atoms. The minimum atomic E-state index is -1.17. The molecule has 4 rings (SSSR count). The van der Waals surface area contributed by atoms with Crippen molar-refractivity contribution in [3.63, 3.8) is 0 Å². The van der Waals surface area contributed by atoms with Crippen molar-refractivity contribution in [2.45, 2.75) is 37.0 Å². The topological polar surface area (TPSA) is 66.9 Å². The molecule has 1 saturated carbocycles. The van der Waals surface area contributed by atoms with Gasteiger partial charge in [-0.2, -0.15) is 0 Å². The maximum Gasteiger partial charge on any atom is 0.236 e. The number of methoxy groups -OCH3 is 1. The van der Waals surface area contributed by atoms with Crippen LogP contribution in [0, 0.1) is 5.92 Å². The van der Waals surface area contributed by atoms with Crippen molar-refractivity contribution in [2.24, 2.45) is 5.92 Å². The Morgan fingerprint density at radius 2 is 2.04 bits per heavy atom. The molecule has 1 aliphatic carbocycles. The van der Waals surface area contributed by atoms with E-state index in [-0.39, 0.29) is 17.6 Å². The number of likely N-dealkylation sites (tertiary alicyclic amines) is 1. The van der Waals surface area contributed by atoms with E-state index in [0.29, 0.717) is 38.3 Å². The molecule has 1 unspecified atom stereocenters. The molecule has 0 N–H and O–H groups in total. The number of ether oxygens (including phenoxy) is 1. The fraction of sp³-hybridized carbons (Fsp3) is 0.600. The molecule has 0 aromatic heterocycles. The summed E-state index contributed by atoms with van der Waals surface area (Å²) in [7, 11) is 0.447. The first-order valence-corrected chi connectivity index (χ1v) is 10.9. The highest BCUT2D eigenvalue weighted by atomic mass is 32.2. The first-order chi connectivity index (χ1) is 13.0. The van der Waals surface area contributed by atoms with Crippen molar-refractivity contribution >= 4 is 22.6 Å². The highest BCUT2D eigenvalue weighted by molar-refractivity contribution is 7.87. The normalized spacial score (nSPS) is 24.5. The van der Waals surface area contributed by atoms with Gasteiger partial charge in [0.1, 0.15) is 16.4 Å². The van der Waals surface area contributed by atoms with Gasteiger partial charge in [0, 0.05) is 32.5 Å². The number of rotatable bonds is 5. The van der Waals surface area contributed by atoms with Crippen LogP contribution in [0.15, 0.2) is 24.3 Å². The fourth-order valence-electron chi connectivity index (χ4n) is 4.17. The second-order valence-corrected chi connectivity index (χ2v) is 9.53. The van der Waals surface area contributed by atoms with E-state index in [9.17, 15) is 13.8 Å². The van der Waals surface area contributed by atoms with Crippen molar-refractivity contribution in [3.8, 4) is 5.75 Å². The predicted molar refractivity (Wildman–Crippen MR) is 103 cm³/mol. The summed E-state index contributed by atoms with van der Waals surface area (Å²) in [5, 5.41) is 0. The van der Waals surface area contributed by atoms with Crippen molar-refractivity contribution in [2.75, 3.05) is 32.5 Å². The van der Waals surface area contributed by atoms with Crippen LogP contribution in [0.3, 0.4) is 0 Å². The number of benzene rings is 1. The standard InChI is InChI=1S/C20H26N2O4S/c1-26-17-4-2-3-16(11-17)12-18(23)21-9-7-20(8-10-21)22(13-15-5-6-15)19(24)14-27(20)25/h2-4,11,15H,5-10,12-14H2,1H3. The maximum absolute atomic E-state index is 12.7. The molecular weight excluding hydrogens is 364 g/mol. The van der Waals surface area contributed by atoms with Gasteiger partial charge in [-0.15, -0.1) is 0 Å². The van der Waals surface area contributed by atoms with E-state index in [1.54, 1.807) is 7.11 Å². The minimum Gasteiger partial charge on any atom is -0.497 e. The SMILES string of the molecule is COc1cccc(CC(=O)N2CCC3(CC2)N(CC2CC2)C(=O)CS3=O)c1. The molecule has 1 aromatic rings. The molecule has 2 heterocycles. The Hall–Kier alpha value is -1.89. The lowest BCUT2D eigenvalue weighted by atomic mass is 10.0. The number of carbonyl (C=O) groups excluding carboxylic acids is 2. The van der Waals surface area contributed by atoms with E-state index < -0.39 is 15.7 Å². The van der Waals surface area contributed by atoms with Gasteiger partial charge >= 0.3 is 0 Å². The summed E-state index contributed by atoms with van der Waals surface area (Å²) in [4.78, 5) is 28.3. The van der Waals surface area contributed by atoms with E-state index in [1.807, 2.05) is 34.1 Å². The van der Waals surface area contributed by atoms with Gasteiger partial charge in [-0.1, -0.05) is 12.1 Å². The zero-order chi connectivity index (χ0) is 19.0. The summed E-state index contributed by atoms with van der Waals surface area (Å²) in [6.45, 7) is 1.86. The van der Waals surface area contributed by atoms with Crippen molar-refractivity contribution < 1.29 is 18.5 Å². The summed E-state index contributed by atoms with van der Waals surface area (Å²) in [6.07, 6.45) is 3.89. The summed E-state index contributed by atoms with van der Waals surface area (Å²) < 4.78 is 18.0. The number of piperidine rings is 1. The zero-order valence-corrected chi connectivity index (χ0v) is 16.5. The van der Waals surface area contributed by atoms with Gasteiger partial charge in [-0.05, 0) is 36.5 Å². The van der Waals surface area contributed by atoms with Gasteiger partial charge in [-0.3, -0.25) is 13.8 Å². The lowest BCUT2D eigenvalue weighted by molar-refractivity contribution is -0.135. The van der Waals surface area contributed by atoms with Crippen molar-refractivity contribution in [1.82, 2.24) is 9.80 Å². The van der Waals surface area contributed by atoms with E-state index in [0.717, 1.165) is 30.7 Å². The Balaban J connectivity index is 1.40. The largest absolute Gasteiger partial charge is 0.497 e. The summed E-state index contributed by atoms with van der Waals surface area (Å²) in [5.41, 5.74) is 0.926. The van der Waals surface area contributed by atoms with Crippen LogP contribution in [0.25, 0.3) is 0 Å². The molecule has 2 aliphatic heterocycles. The number of carbonyl (C=O) groups is 2. The molecule has 7 heteroatoms. The molecule has 0 radical (unpaired) electrons. The predicted octanol–water partition coefficient (Wildman–Crippen LogP) is 1.56. The average Bonchev–Trinajstić information content (AvgIpc) is 3.47. The molecule has 2 amide bonds. The van der Waals surface area contributed by atoms with E-state index in [2.05, 4.69) is 0 Å². The molecule has 2 saturated heterocycles. The summed E-state index contributed by atoms with van der Waals surface area (Å²) >= 11 is 0. The molecule has 146 valence electrons. The molecule has 1 aromatic carbocycles. The van der Waals surface area contributed by atoms with Gasteiger partial charge in [0.05, 0.1) is 24.3 Å². The Bertz CT molecular complexity index is 769. The third kappa shape index (κ3) is 3.61. The van der Waals surface area contributed by atoms with Crippen LogP contribution in [0.5, 0.6) is 5.75 Å². The van der Waals surface area contributed by atoms with Crippen LogP contribution < -0.4 is 4.74 Å². The smallest absolute Gasteiger partial charge is 0.236 e. The lowest BCUT2D eigenvalue weighted by Gasteiger charge is -2.43. The minimum absolute atomic E-state index is 0.0244. The molecular formula is C20H26N2O4S. The average molecular weight is 391 g/mol. The zero-order valence-electron chi connectivity index (χ0n) is 15.7. The van der Waals surface area contributed by atoms with E-state index in [4.69, 9.17) is 4.74 Å². The second-order valence-electron chi connectivity index (χ2n) is 7.79. The molecule has 0 bridgehead atoms. The molecule has 27 heavy (non-hydrogen) atoms. The lowest BCUT2D eigenvalue weighted by Crippen LogP contribution is -2.56.